The van der Waals surface area contributed by atoms with Crippen LogP contribution in [-0.4, -0.2) is 15.1 Å². The molecule has 0 bridgehead atoms. The first-order chi connectivity index (χ1) is 9.83. The Hall–Kier alpha value is -2.68. The summed E-state index contributed by atoms with van der Waals surface area (Å²) in [6.07, 6.45) is 4.12. The maximum absolute atomic E-state index is 10.0. The van der Waals surface area contributed by atoms with Crippen LogP contribution in [0.4, 0.5) is 0 Å². The van der Waals surface area contributed by atoms with Gasteiger partial charge >= 0.3 is 0 Å². The second-order valence-electron chi connectivity index (χ2n) is 4.58. The Labute approximate surface area is 117 Å². The zero-order valence-corrected chi connectivity index (χ0v) is 10.9. The minimum absolute atomic E-state index is 0.300. The fraction of sp³-hybridized carbons (Fsp3) is 0.0588. The SMILES string of the molecule is Oc1ccc(-c2ncccn2)cc1Cc1ccccc1. The summed E-state index contributed by atoms with van der Waals surface area (Å²) in [5.74, 6) is 0.968. The average Bonchev–Trinajstić information content (AvgIpc) is 2.51. The van der Waals surface area contributed by atoms with Gasteiger partial charge in [-0.3, -0.25) is 0 Å². The molecule has 0 saturated heterocycles. The zero-order chi connectivity index (χ0) is 13.8. The van der Waals surface area contributed by atoms with Crippen LogP contribution in [0, 0.1) is 0 Å². The van der Waals surface area contributed by atoms with Crippen molar-refractivity contribution in [2.45, 2.75) is 6.42 Å². The Balaban J connectivity index is 1.95. The van der Waals surface area contributed by atoms with Crippen molar-refractivity contribution in [2.24, 2.45) is 0 Å². The first-order valence-corrected chi connectivity index (χ1v) is 6.46. The number of phenolic OH excluding ortho intramolecular Hbond substituents is 1. The molecule has 20 heavy (non-hydrogen) atoms. The summed E-state index contributed by atoms with van der Waals surface area (Å²) in [6, 6.07) is 17.3. The van der Waals surface area contributed by atoms with Crippen molar-refractivity contribution in [1.29, 1.82) is 0 Å². The fourth-order valence-corrected chi connectivity index (χ4v) is 2.13. The second kappa shape index (κ2) is 5.53. The Morgan fingerprint density at radius 1 is 0.850 bits per heavy atom. The molecule has 98 valence electrons. The van der Waals surface area contributed by atoms with Crippen LogP contribution in [0.1, 0.15) is 11.1 Å². The Bertz CT molecular complexity index is 697. The number of nitrogens with zero attached hydrogens (tertiary/aromatic N) is 2. The van der Waals surface area contributed by atoms with E-state index in [-0.39, 0.29) is 0 Å². The monoisotopic (exact) mass is 262 g/mol. The van der Waals surface area contributed by atoms with E-state index in [1.54, 1.807) is 24.5 Å². The largest absolute Gasteiger partial charge is 0.508 e. The van der Waals surface area contributed by atoms with E-state index in [0.29, 0.717) is 18.0 Å². The molecule has 0 radical (unpaired) electrons. The van der Waals surface area contributed by atoms with Gasteiger partial charge in [0.15, 0.2) is 5.82 Å². The molecule has 0 aliphatic heterocycles. The van der Waals surface area contributed by atoms with Gasteiger partial charge in [-0.15, -0.1) is 0 Å². The molecule has 0 amide bonds. The van der Waals surface area contributed by atoms with Crippen LogP contribution < -0.4 is 0 Å². The van der Waals surface area contributed by atoms with Crippen molar-refractivity contribution in [3.05, 3.63) is 78.1 Å². The van der Waals surface area contributed by atoms with E-state index in [0.717, 1.165) is 16.7 Å². The molecular formula is C17H14N2O. The van der Waals surface area contributed by atoms with Gasteiger partial charge in [0, 0.05) is 24.4 Å². The molecule has 0 aliphatic rings. The van der Waals surface area contributed by atoms with Gasteiger partial charge in [-0.25, -0.2) is 9.97 Å². The topological polar surface area (TPSA) is 46.0 Å². The van der Waals surface area contributed by atoms with Gasteiger partial charge in [-0.05, 0) is 35.4 Å². The maximum atomic E-state index is 10.0. The fourth-order valence-electron chi connectivity index (χ4n) is 2.13. The third-order valence-electron chi connectivity index (χ3n) is 3.14. The van der Waals surface area contributed by atoms with Gasteiger partial charge in [0.05, 0.1) is 0 Å². The third-order valence-corrected chi connectivity index (χ3v) is 3.14. The van der Waals surface area contributed by atoms with Crippen LogP contribution in [0.2, 0.25) is 0 Å². The standard InChI is InChI=1S/C17H14N2O/c20-16-8-7-14(17-18-9-4-10-19-17)12-15(16)11-13-5-2-1-3-6-13/h1-10,12,20H,11H2. The molecule has 3 heteroatoms. The van der Waals surface area contributed by atoms with Gasteiger partial charge < -0.3 is 5.11 Å². The van der Waals surface area contributed by atoms with Gasteiger partial charge in [-0.1, -0.05) is 30.3 Å². The highest BCUT2D eigenvalue weighted by Crippen LogP contribution is 2.25. The first kappa shape index (κ1) is 12.4. The number of hydrogen-bond acceptors (Lipinski definition) is 3. The highest BCUT2D eigenvalue weighted by Gasteiger charge is 2.07. The lowest BCUT2D eigenvalue weighted by atomic mass is 10.0. The Morgan fingerprint density at radius 3 is 2.35 bits per heavy atom. The lowest BCUT2D eigenvalue weighted by Gasteiger charge is -2.07. The van der Waals surface area contributed by atoms with Crippen molar-refractivity contribution in [3.8, 4) is 17.1 Å². The van der Waals surface area contributed by atoms with E-state index in [2.05, 4.69) is 9.97 Å². The van der Waals surface area contributed by atoms with E-state index in [1.165, 1.54) is 0 Å². The smallest absolute Gasteiger partial charge is 0.159 e. The van der Waals surface area contributed by atoms with E-state index >= 15 is 0 Å². The predicted octanol–water partition coefficient (Wildman–Crippen LogP) is 3.44. The summed E-state index contributed by atoms with van der Waals surface area (Å²) in [5.41, 5.74) is 2.95. The summed E-state index contributed by atoms with van der Waals surface area (Å²) in [5, 5.41) is 10.0. The maximum Gasteiger partial charge on any atom is 0.159 e. The average molecular weight is 262 g/mol. The molecule has 1 aromatic heterocycles. The Kier molecular flexibility index (Phi) is 3.42. The highest BCUT2D eigenvalue weighted by atomic mass is 16.3. The number of rotatable bonds is 3. The van der Waals surface area contributed by atoms with Crippen molar-refractivity contribution >= 4 is 0 Å². The van der Waals surface area contributed by atoms with E-state index in [1.807, 2.05) is 42.5 Å². The molecule has 0 saturated carbocycles. The molecule has 0 fully saturated rings. The summed E-state index contributed by atoms with van der Waals surface area (Å²) in [4.78, 5) is 8.47. The van der Waals surface area contributed by atoms with Crippen LogP contribution in [0.3, 0.4) is 0 Å². The lowest BCUT2D eigenvalue weighted by molar-refractivity contribution is 0.469. The normalized spacial score (nSPS) is 10.4. The molecule has 3 nitrogen and oxygen atoms in total. The Morgan fingerprint density at radius 2 is 1.60 bits per heavy atom. The zero-order valence-electron chi connectivity index (χ0n) is 10.9. The lowest BCUT2D eigenvalue weighted by Crippen LogP contribution is -1.92. The molecule has 0 aliphatic carbocycles. The van der Waals surface area contributed by atoms with Crippen molar-refractivity contribution in [2.75, 3.05) is 0 Å². The first-order valence-electron chi connectivity index (χ1n) is 6.46. The summed E-state index contributed by atoms with van der Waals surface area (Å²) >= 11 is 0. The van der Waals surface area contributed by atoms with Crippen LogP contribution in [0.15, 0.2) is 67.0 Å². The van der Waals surface area contributed by atoms with Crippen molar-refractivity contribution < 1.29 is 5.11 Å². The van der Waals surface area contributed by atoms with E-state index in [4.69, 9.17) is 0 Å². The molecule has 0 atom stereocenters. The summed E-state index contributed by atoms with van der Waals surface area (Å²) in [7, 11) is 0. The summed E-state index contributed by atoms with van der Waals surface area (Å²) < 4.78 is 0. The number of aromatic hydroxyl groups is 1. The van der Waals surface area contributed by atoms with Crippen LogP contribution in [0.25, 0.3) is 11.4 Å². The number of aromatic nitrogens is 2. The molecule has 1 N–H and O–H groups in total. The molecule has 1 heterocycles. The van der Waals surface area contributed by atoms with Gasteiger partial charge in [-0.2, -0.15) is 0 Å². The van der Waals surface area contributed by atoms with Crippen LogP contribution in [0.5, 0.6) is 5.75 Å². The molecule has 2 aromatic carbocycles. The van der Waals surface area contributed by atoms with Gasteiger partial charge in [0.25, 0.3) is 0 Å². The van der Waals surface area contributed by atoms with Crippen molar-refractivity contribution in [1.82, 2.24) is 9.97 Å². The quantitative estimate of drug-likeness (QED) is 0.786. The van der Waals surface area contributed by atoms with E-state index in [9.17, 15) is 5.11 Å². The minimum Gasteiger partial charge on any atom is -0.508 e. The molecule has 0 spiro atoms. The van der Waals surface area contributed by atoms with Crippen LogP contribution >= 0.6 is 0 Å². The number of hydrogen-bond donors (Lipinski definition) is 1. The van der Waals surface area contributed by atoms with Crippen LogP contribution in [-0.2, 0) is 6.42 Å². The predicted molar refractivity (Wildman–Crippen MR) is 78.4 cm³/mol. The highest BCUT2D eigenvalue weighted by molar-refractivity contribution is 5.58. The van der Waals surface area contributed by atoms with E-state index < -0.39 is 0 Å². The minimum atomic E-state index is 0.300. The third kappa shape index (κ3) is 2.67. The molecule has 3 aromatic rings. The second-order valence-corrected chi connectivity index (χ2v) is 4.58. The van der Waals surface area contributed by atoms with Gasteiger partial charge in [0.1, 0.15) is 5.75 Å². The number of phenols is 1. The molecule has 3 rings (SSSR count). The molecular weight excluding hydrogens is 248 g/mol. The number of benzene rings is 2. The molecule has 0 unspecified atom stereocenters. The van der Waals surface area contributed by atoms with Crippen molar-refractivity contribution in [3.63, 3.8) is 0 Å². The summed E-state index contributed by atoms with van der Waals surface area (Å²) in [6.45, 7) is 0. The van der Waals surface area contributed by atoms with Gasteiger partial charge in [0.2, 0.25) is 0 Å².